The van der Waals surface area contributed by atoms with Gasteiger partial charge in [0.2, 0.25) is 5.92 Å². The van der Waals surface area contributed by atoms with Crippen LogP contribution >= 0.6 is 0 Å². The van der Waals surface area contributed by atoms with Gasteiger partial charge in [-0.25, -0.2) is 17.3 Å². The van der Waals surface area contributed by atoms with E-state index in [1.165, 1.54) is 4.31 Å². The number of anilines is 1. The summed E-state index contributed by atoms with van der Waals surface area (Å²) in [5.41, 5.74) is -0.780. The summed E-state index contributed by atoms with van der Waals surface area (Å²) in [6.07, 6.45) is -4.90. The second-order valence-corrected chi connectivity index (χ2v) is 8.46. The number of rotatable bonds is 2. The zero-order valence-electron chi connectivity index (χ0n) is 15.0. The van der Waals surface area contributed by atoms with Crippen LogP contribution in [0.2, 0.25) is 0 Å². The van der Waals surface area contributed by atoms with Crippen molar-refractivity contribution in [1.29, 1.82) is 0 Å². The number of hydrogen-bond acceptors (Lipinski definition) is 3. The number of nitrogens with zero attached hydrogens (tertiary/aromatic N) is 2. The van der Waals surface area contributed by atoms with E-state index in [0.717, 1.165) is 19.2 Å². The van der Waals surface area contributed by atoms with Gasteiger partial charge in [0.05, 0.1) is 23.3 Å². The molecule has 4 nitrogen and oxygen atoms in total. The quantitative estimate of drug-likeness (QED) is 0.687. The maximum absolute atomic E-state index is 13.5. The number of halogens is 5. The highest BCUT2D eigenvalue weighted by Gasteiger charge is 2.41. The van der Waals surface area contributed by atoms with E-state index in [9.17, 15) is 26.2 Å². The summed E-state index contributed by atoms with van der Waals surface area (Å²) in [6.45, 7) is 0.660. The van der Waals surface area contributed by atoms with E-state index < -0.39 is 34.4 Å². The second kappa shape index (κ2) is 7.20. The van der Waals surface area contributed by atoms with E-state index in [4.69, 9.17) is 4.74 Å². The van der Waals surface area contributed by atoms with Crippen LogP contribution in [0.3, 0.4) is 0 Å². The maximum Gasteiger partial charge on any atom is 0.420 e. The molecule has 1 fully saturated rings. The molecule has 0 spiro atoms. The van der Waals surface area contributed by atoms with Crippen LogP contribution in [0.25, 0.3) is 0 Å². The predicted molar refractivity (Wildman–Crippen MR) is 91.6 cm³/mol. The van der Waals surface area contributed by atoms with Gasteiger partial charge < -0.3 is 9.64 Å². The van der Waals surface area contributed by atoms with Gasteiger partial charge in [0.25, 0.3) is 0 Å². The van der Waals surface area contributed by atoms with Crippen molar-refractivity contribution in [3.63, 3.8) is 0 Å². The third-order valence-corrected chi connectivity index (χ3v) is 6.60. The third kappa shape index (κ3) is 4.06. The summed E-state index contributed by atoms with van der Waals surface area (Å²) in [5, 5.41) is 0. The lowest BCUT2D eigenvalue weighted by molar-refractivity contribution is -0.138. The van der Waals surface area contributed by atoms with Crippen LogP contribution in [0.1, 0.15) is 31.2 Å². The molecule has 2 aliphatic rings. The molecule has 1 heterocycles. The highest BCUT2D eigenvalue weighted by atomic mass is 32.2. The Kier molecular flexibility index (Phi) is 5.42. The number of fused-ring (bicyclic) bond motifs is 1. The summed E-state index contributed by atoms with van der Waals surface area (Å²) < 4.78 is 86.6. The predicted octanol–water partition coefficient (Wildman–Crippen LogP) is 4.07. The average molecular weight is 412 g/mol. The van der Waals surface area contributed by atoms with Gasteiger partial charge in [-0.2, -0.15) is 13.2 Å². The Morgan fingerprint density at radius 3 is 2.37 bits per heavy atom. The van der Waals surface area contributed by atoms with Crippen molar-refractivity contribution in [3.05, 3.63) is 17.7 Å². The minimum atomic E-state index is -4.65. The van der Waals surface area contributed by atoms with E-state index in [0.29, 0.717) is 13.1 Å². The number of benzene rings is 1. The van der Waals surface area contributed by atoms with Crippen LogP contribution in [0, 0.1) is 0 Å². The highest BCUT2D eigenvalue weighted by molar-refractivity contribution is 7.82. The van der Waals surface area contributed by atoms with Gasteiger partial charge in [-0.05, 0) is 18.9 Å². The molecule has 1 aromatic carbocycles. The first-order chi connectivity index (χ1) is 12.5. The molecule has 0 radical (unpaired) electrons. The molecule has 0 bridgehead atoms. The summed E-state index contributed by atoms with van der Waals surface area (Å²) in [7, 11) is 1.07. The first-order valence-corrected chi connectivity index (χ1v) is 9.71. The summed E-state index contributed by atoms with van der Waals surface area (Å²) in [5.74, 6) is -3.14. The summed E-state index contributed by atoms with van der Waals surface area (Å²) >= 11 is 0. The van der Waals surface area contributed by atoms with Crippen molar-refractivity contribution in [2.75, 3.05) is 32.1 Å². The van der Waals surface area contributed by atoms with Crippen molar-refractivity contribution < 1.29 is 30.9 Å². The molecule has 1 aliphatic heterocycles. The van der Waals surface area contributed by atoms with Crippen LogP contribution in [-0.2, 0) is 17.2 Å². The van der Waals surface area contributed by atoms with E-state index >= 15 is 0 Å². The molecule has 0 N–H and O–H groups in total. The van der Waals surface area contributed by atoms with Gasteiger partial charge in [-0.3, -0.25) is 0 Å². The molecule has 3 rings (SSSR count). The van der Waals surface area contributed by atoms with Crippen molar-refractivity contribution in [2.24, 2.45) is 0 Å². The molecule has 152 valence electrons. The Bertz CT molecular complexity index is 731. The Balaban J connectivity index is 2.08. The van der Waals surface area contributed by atoms with Gasteiger partial charge in [0.15, 0.2) is 0 Å². The van der Waals surface area contributed by atoms with E-state index in [-0.39, 0.29) is 42.3 Å². The molecular formula is C17H21F5N2O2S. The molecule has 1 aromatic rings. The fourth-order valence-corrected chi connectivity index (χ4v) is 4.79. The molecule has 27 heavy (non-hydrogen) atoms. The SMILES string of the molecule is COc1cc2c(cc1C(F)(F)F)N(C1CCC(F)(F)CC1)CCN(C)S2=O. The zero-order chi connectivity index (χ0) is 20.0. The molecule has 1 saturated carbocycles. The van der Waals surface area contributed by atoms with Gasteiger partial charge in [0.1, 0.15) is 16.7 Å². The van der Waals surface area contributed by atoms with Crippen LogP contribution < -0.4 is 9.64 Å². The Morgan fingerprint density at radius 2 is 1.81 bits per heavy atom. The monoisotopic (exact) mass is 412 g/mol. The topological polar surface area (TPSA) is 32.8 Å². The lowest BCUT2D eigenvalue weighted by Gasteiger charge is -2.38. The third-order valence-electron chi connectivity index (χ3n) is 5.15. The lowest BCUT2D eigenvalue weighted by atomic mass is 9.90. The minimum absolute atomic E-state index is 0.177. The van der Waals surface area contributed by atoms with Gasteiger partial charge in [0, 0.05) is 45.1 Å². The van der Waals surface area contributed by atoms with E-state index in [1.54, 1.807) is 11.9 Å². The molecule has 10 heteroatoms. The standard InChI is InChI=1S/C17H21F5N2O2S/c1-23-7-8-24(11-3-5-16(18,19)6-4-11)13-9-12(17(20,21)22)14(26-2)10-15(13)27(23)25/h9-11H,3-8H2,1-2H3. The fourth-order valence-electron chi connectivity index (χ4n) is 3.64. The van der Waals surface area contributed by atoms with Crippen molar-refractivity contribution in [3.8, 4) is 5.75 Å². The maximum atomic E-state index is 13.5. The molecule has 0 aromatic heterocycles. The van der Waals surface area contributed by atoms with Crippen molar-refractivity contribution in [2.45, 2.75) is 48.7 Å². The van der Waals surface area contributed by atoms with Crippen LogP contribution in [0.4, 0.5) is 27.6 Å². The first-order valence-electron chi connectivity index (χ1n) is 8.60. The zero-order valence-corrected chi connectivity index (χ0v) is 15.8. The Hall–Kier alpha value is -1.42. The van der Waals surface area contributed by atoms with Gasteiger partial charge >= 0.3 is 6.18 Å². The van der Waals surface area contributed by atoms with Crippen molar-refractivity contribution >= 4 is 16.7 Å². The van der Waals surface area contributed by atoms with E-state index in [1.807, 2.05) is 0 Å². The Labute approximate surface area is 156 Å². The summed E-state index contributed by atoms with van der Waals surface area (Å²) in [4.78, 5) is 1.91. The molecular weight excluding hydrogens is 391 g/mol. The normalized spacial score (nSPS) is 24.4. The average Bonchev–Trinajstić information content (AvgIpc) is 2.71. The van der Waals surface area contributed by atoms with Crippen molar-refractivity contribution in [1.82, 2.24) is 4.31 Å². The number of hydrogen-bond donors (Lipinski definition) is 0. The Morgan fingerprint density at radius 1 is 1.19 bits per heavy atom. The minimum Gasteiger partial charge on any atom is -0.496 e. The number of likely N-dealkylation sites (N-methyl/N-ethyl adjacent to an activating group) is 1. The number of ether oxygens (including phenoxy) is 1. The summed E-state index contributed by atoms with van der Waals surface area (Å²) in [6, 6.07) is 1.78. The smallest absolute Gasteiger partial charge is 0.420 e. The number of alkyl halides is 5. The van der Waals surface area contributed by atoms with E-state index in [2.05, 4.69) is 0 Å². The van der Waals surface area contributed by atoms with Crippen LogP contribution in [0.15, 0.2) is 17.0 Å². The molecule has 1 unspecified atom stereocenters. The molecule has 1 atom stereocenters. The van der Waals surface area contributed by atoms with Gasteiger partial charge in [-0.15, -0.1) is 0 Å². The largest absolute Gasteiger partial charge is 0.496 e. The molecule has 0 saturated heterocycles. The van der Waals surface area contributed by atoms with Gasteiger partial charge in [-0.1, -0.05) is 0 Å². The van der Waals surface area contributed by atoms with Crippen LogP contribution in [-0.4, -0.2) is 47.7 Å². The highest BCUT2D eigenvalue weighted by Crippen LogP contribution is 2.44. The second-order valence-electron chi connectivity index (χ2n) is 6.90. The first kappa shape index (κ1) is 20.3. The fraction of sp³-hybridized carbons (Fsp3) is 0.647. The molecule has 0 amide bonds. The molecule has 1 aliphatic carbocycles. The van der Waals surface area contributed by atoms with Crippen LogP contribution in [0.5, 0.6) is 5.75 Å². The lowest BCUT2D eigenvalue weighted by Crippen LogP contribution is -2.43. The number of methoxy groups -OCH3 is 1.